The van der Waals surface area contributed by atoms with Crippen molar-refractivity contribution in [1.29, 1.82) is 0 Å². The summed E-state index contributed by atoms with van der Waals surface area (Å²) in [6.07, 6.45) is 1.72. The zero-order valence-electron chi connectivity index (χ0n) is 27.0. The van der Waals surface area contributed by atoms with Crippen molar-refractivity contribution in [2.75, 3.05) is 25.1 Å². The van der Waals surface area contributed by atoms with E-state index < -0.39 is 5.97 Å². The summed E-state index contributed by atoms with van der Waals surface area (Å²) in [7, 11) is 1.60. The molecule has 2 heterocycles. The van der Waals surface area contributed by atoms with Gasteiger partial charge in [0.1, 0.15) is 17.4 Å². The summed E-state index contributed by atoms with van der Waals surface area (Å²) in [6.45, 7) is 24.7. The number of nitrogens with zero attached hydrogens (tertiary/aromatic N) is 6. The minimum Gasteiger partial charge on any atom is -0.496 e. The van der Waals surface area contributed by atoms with Gasteiger partial charge in [-0.3, -0.25) is 0 Å². The Labute approximate surface area is 260 Å². The second-order valence-corrected chi connectivity index (χ2v) is 12.2. The van der Waals surface area contributed by atoms with Crippen LogP contribution < -0.4 is 9.64 Å². The molecule has 1 aliphatic heterocycles. The third kappa shape index (κ3) is 5.73. The fourth-order valence-corrected chi connectivity index (χ4v) is 6.72. The maximum atomic E-state index is 14.0. The summed E-state index contributed by atoms with van der Waals surface area (Å²) in [5.41, 5.74) is 4.63. The lowest BCUT2D eigenvalue weighted by Gasteiger charge is -2.37. The van der Waals surface area contributed by atoms with Gasteiger partial charge in [-0.1, -0.05) is 32.4 Å². The third-order valence-electron chi connectivity index (χ3n) is 8.84. The second-order valence-electron chi connectivity index (χ2n) is 12.2. The quantitative estimate of drug-likeness (QED) is 0.202. The van der Waals surface area contributed by atoms with Gasteiger partial charge in [0.15, 0.2) is 17.5 Å². The van der Waals surface area contributed by atoms with Crippen LogP contribution in [0.2, 0.25) is 0 Å². The van der Waals surface area contributed by atoms with Crippen LogP contribution in [-0.2, 0) is 9.53 Å². The lowest BCUT2D eigenvalue weighted by atomic mass is 9.75. The zero-order chi connectivity index (χ0) is 31.7. The van der Waals surface area contributed by atoms with E-state index in [1.807, 2.05) is 44.2 Å². The molecule has 2 aliphatic rings. The minimum atomic E-state index is -0.565. The Morgan fingerprint density at radius 2 is 1.80 bits per heavy atom. The van der Waals surface area contributed by atoms with Crippen molar-refractivity contribution < 1.29 is 14.3 Å². The topological polar surface area (TPSA) is 86.2 Å². The molecule has 0 saturated heterocycles. The molecule has 0 spiro atoms. The first-order valence-electron chi connectivity index (χ1n) is 15.5. The van der Waals surface area contributed by atoms with Gasteiger partial charge < -0.3 is 14.4 Å². The molecule has 1 aliphatic carbocycles. The number of rotatable bonds is 8. The number of carbonyl (C=O) groups excluding carboxylic acids is 1. The van der Waals surface area contributed by atoms with Gasteiger partial charge in [0, 0.05) is 18.8 Å². The number of anilines is 1. The highest BCUT2D eigenvalue weighted by atomic mass is 16.5. The summed E-state index contributed by atoms with van der Waals surface area (Å²) < 4.78 is 13.3. The fraction of sp³-hybridized carbons (Fsp3) is 0.457. The molecule has 0 N–H and O–H groups in total. The van der Waals surface area contributed by atoms with Gasteiger partial charge >= 0.3 is 5.97 Å². The van der Waals surface area contributed by atoms with Crippen LogP contribution in [0, 0.1) is 38.2 Å². The van der Waals surface area contributed by atoms with Crippen molar-refractivity contribution in [2.45, 2.75) is 67.4 Å². The van der Waals surface area contributed by atoms with Crippen LogP contribution in [0.15, 0.2) is 47.1 Å². The Morgan fingerprint density at radius 1 is 1.09 bits per heavy atom. The number of carbonyl (C=O) groups is 1. The van der Waals surface area contributed by atoms with E-state index in [0.717, 1.165) is 42.7 Å². The number of methoxy groups -OCH3 is 1. The van der Waals surface area contributed by atoms with Gasteiger partial charge in [0.05, 0.1) is 24.9 Å². The van der Waals surface area contributed by atoms with Crippen LogP contribution in [-0.4, -0.2) is 52.9 Å². The zero-order valence-corrected chi connectivity index (χ0v) is 27.0. The molecule has 2 unspecified atom stereocenters. The third-order valence-corrected chi connectivity index (χ3v) is 8.84. The van der Waals surface area contributed by atoms with Crippen molar-refractivity contribution in [1.82, 2.24) is 14.8 Å². The van der Waals surface area contributed by atoms with Crippen LogP contribution in [0.4, 0.5) is 11.4 Å². The number of hydrogen-bond donors (Lipinski definition) is 0. The fourth-order valence-electron chi connectivity index (χ4n) is 6.72. The Hall–Kier alpha value is -4.45. The summed E-state index contributed by atoms with van der Waals surface area (Å²) in [6, 6.07) is 11.8. The molecule has 0 radical (unpaired) electrons. The predicted octanol–water partition coefficient (Wildman–Crippen LogP) is 7.25. The number of esters is 1. The Morgan fingerprint density at radius 3 is 2.41 bits per heavy atom. The van der Waals surface area contributed by atoms with Crippen molar-refractivity contribution in [3.8, 4) is 17.1 Å². The average molecular weight is 595 g/mol. The van der Waals surface area contributed by atoms with Gasteiger partial charge in [-0.2, -0.15) is 0 Å². The maximum absolute atomic E-state index is 14.0. The molecule has 44 heavy (non-hydrogen) atoms. The summed E-state index contributed by atoms with van der Waals surface area (Å²) in [5, 5.41) is 4.80. The van der Waals surface area contributed by atoms with E-state index in [1.165, 1.54) is 4.68 Å². The van der Waals surface area contributed by atoms with Crippen LogP contribution in [0.3, 0.4) is 0 Å². The SMILES string of the molecule is [C-]#[N+]C1=C(C(=O)OC2C(C)CC(C)CC2C)c2nc(-c3cc(C)ccc3OC)nn2C1=Nc1ccc(N(CC)CC)cc1C. The molecule has 2 aromatic carbocycles. The molecule has 1 saturated carbocycles. The number of ether oxygens (including phenoxy) is 2. The van der Waals surface area contributed by atoms with Crippen LogP contribution in [0.25, 0.3) is 21.8 Å². The number of allylic oxidation sites excluding steroid dienone is 1. The van der Waals surface area contributed by atoms with Gasteiger partial charge in [-0.15, -0.1) is 5.10 Å². The van der Waals surface area contributed by atoms with Crippen LogP contribution >= 0.6 is 0 Å². The molecular formula is C35H42N6O3. The monoisotopic (exact) mass is 594 g/mol. The van der Waals surface area contributed by atoms with Gasteiger partial charge in [0.2, 0.25) is 5.70 Å². The van der Waals surface area contributed by atoms with E-state index in [1.54, 1.807) is 7.11 Å². The first-order chi connectivity index (χ1) is 21.1. The first-order valence-corrected chi connectivity index (χ1v) is 15.5. The number of aromatic nitrogens is 3. The number of aliphatic imine (C=N–C) groups is 1. The summed E-state index contributed by atoms with van der Waals surface area (Å²) >= 11 is 0. The molecular weight excluding hydrogens is 552 g/mol. The molecule has 0 amide bonds. The normalized spacial score (nSPS) is 22.1. The molecule has 1 fully saturated rings. The lowest BCUT2D eigenvalue weighted by molar-refractivity contribution is -0.150. The molecule has 9 nitrogen and oxygen atoms in total. The smallest absolute Gasteiger partial charge is 0.331 e. The molecule has 3 aromatic rings. The minimum absolute atomic E-state index is 0.0875. The van der Waals surface area contributed by atoms with Crippen LogP contribution in [0.1, 0.15) is 64.4 Å². The van der Waals surface area contributed by atoms with E-state index in [-0.39, 0.29) is 40.9 Å². The predicted molar refractivity (Wildman–Crippen MR) is 174 cm³/mol. The molecule has 1 aromatic heterocycles. The highest BCUT2D eigenvalue weighted by molar-refractivity contribution is 6.29. The van der Waals surface area contributed by atoms with Gasteiger partial charge in [-0.25, -0.2) is 24.3 Å². The maximum Gasteiger partial charge on any atom is 0.331 e. The molecule has 230 valence electrons. The highest BCUT2D eigenvalue weighted by Gasteiger charge is 2.41. The van der Waals surface area contributed by atoms with Gasteiger partial charge in [0.25, 0.3) is 0 Å². The largest absolute Gasteiger partial charge is 0.496 e. The number of benzene rings is 2. The Bertz CT molecular complexity index is 1660. The van der Waals surface area contributed by atoms with Crippen molar-refractivity contribution in [3.63, 3.8) is 0 Å². The second kappa shape index (κ2) is 12.7. The van der Waals surface area contributed by atoms with Gasteiger partial charge in [-0.05, 0) is 94.2 Å². The van der Waals surface area contributed by atoms with E-state index in [4.69, 9.17) is 31.1 Å². The molecule has 0 bridgehead atoms. The van der Waals surface area contributed by atoms with Crippen molar-refractivity contribution in [3.05, 3.63) is 70.5 Å². The molecule has 2 atom stereocenters. The van der Waals surface area contributed by atoms with Crippen LogP contribution in [0.5, 0.6) is 5.75 Å². The van der Waals surface area contributed by atoms with Crippen molar-refractivity contribution in [2.24, 2.45) is 22.7 Å². The van der Waals surface area contributed by atoms with E-state index in [0.29, 0.717) is 28.7 Å². The first kappa shape index (κ1) is 31.0. The highest BCUT2D eigenvalue weighted by Crippen LogP contribution is 2.39. The van der Waals surface area contributed by atoms with E-state index >= 15 is 0 Å². The van der Waals surface area contributed by atoms with Crippen molar-refractivity contribution >= 4 is 28.8 Å². The molecule has 5 rings (SSSR count). The Kier molecular flexibility index (Phi) is 8.91. The summed E-state index contributed by atoms with van der Waals surface area (Å²) in [4.78, 5) is 29.8. The number of fused-ring (bicyclic) bond motifs is 1. The standard InChI is InChI=1S/C35H42N6O3/c1-10-40(11-2)25-13-14-27(22(5)19-25)37-34-30(36-8)29(35(42)44-31-23(6)16-21(4)17-24(31)7)33-38-32(39-41(33)34)26-18-20(3)12-15-28(26)43-9/h12-15,18-19,21,23-24,31H,10-11,16-17H2,1-7,9H3. The number of hydrogen-bond acceptors (Lipinski definition) is 7. The lowest BCUT2D eigenvalue weighted by Crippen LogP contribution is -2.37. The van der Waals surface area contributed by atoms with E-state index in [2.05, 4.69) is 50.4 Å². The average Bonchev–Trinajstić information content (AvgIpc) is 3.54. The number of aryl methyl sites for hydroxylation is 2. The molecule has 9 heteroatoms. The Balaban J connectivity index is 1.64. The summed E-state index contributed by atoms with van der Waals surface area (Å²) in [5.74, 6) is 1.92. The van der Waals surface area contributed by atoms with E-state index in [9.17, 15) is 4.79 Å².